The SMILES string of the molecule is COC(CS(=O)(=O)F)C(C)C. The second-order valence-electron chi connectivity index (χ2n) is 2.72. The predicted octanol–water partition coefficient (Wildman–Crippen LogP) is 0.957. The lowest BCUT2D eigenvalue weighted by molar-refractivity contribution is 0.0821. The van der Waals surface area contributed by atoms with E-state index in [1.807, 2.05) is 0 Å². The van der Waals surface area contributed by atoms with Crippen LogP contribution >= 0.6 is 0 Å². The van der Waals surface area contributed by atoms with Crippen LogP contribution in [0.5, 0.6) is 0 Å². The maximum Gasteiger partial charge on any atom is 0.304 e. The van der Waals surface area contributed by atoms with Gasteiger partial charge in [-0.1, -0.05) is 13.8 Å². The van der Waals surface area contributed by atoms with Crippen molar-refractivity contribution >= 4 is 10.2 Å². The van der Waals surface area contributed by atoms with Crippen molar-refractivity contribution in [2.45, 2.75) is 20.0 Å². The number of rotatable bonds is 4. The van der Waals surface area contributed by atoms with Crippen LogP contribution in [0.4, 0.5) is 3.89 Å². The molecule has 0 fully saturated rings. The molecule has 0 rings (SSSR count). The standard InChI is InChI=1S/C6H13FO3S/c1-5(2)6(10-3)4-11(7,8)9/h5-6H,4H2,1-3H3. The summed E-state index contributed by atoms with van der Waals surface area (Å²) in [6, 6.07) is 0. The molecule has 0 saturated heterocycles. The smallest absolute Gasteiger partial charge is 0.304 e. The number of ether oxygens (including phenoxy) is 1. The van der Waals surface area contributed by atoms with Crippen LogP contribution in [0, 0.1) is 5.92 Å². The molecule has 11 heavy (non-hydrogen) atoms. The molecular formula is C6H13FO3S. The van der Waals surface area contributed by atoms with E-state index >= 15 is 0 Å². The van der Waals surface area contributed by atoms with Crippen LogP contribution in [0.1, 0.15) is 13.8 Å². The molecule has 0 aliphatic heterocycles. The molecule has 0 N–H and O–H groups in total. The van der Waals surface area contributed by atoms with Crippen molar-refractivity contribution in [1.82, 2.24) is 0 Å². The Hall–Kier alpha value is -0.160. The molecule has 0 bridgehead atoms. The van der Waals surface area contributed by atoms with Gasteiger partial charge in [0.2, 0.25) is 0 Å². The van der Waals surface area contributed by atoms with Gasteiger partial charge in [-0.05, 0) is 5.92 Å². The molecule has 0 spiro atoms. The summed E-state index contributed by atoms with van der Waals surface area (Å²) in [4.78, 5) is 0. The van der Waals surface area contributed by atoms with Gasteiger partial charge in [0.05, 0.1) is 6.10 Å². The molecule has 0 aromatic rings. The molecule has 68 valence electrons. The first-order valence-corrected chi connectivity index (χ1v) is 4.87. The fourth-order valence-electron chi connectivity index (χ4n) is 0.729. The molecule has 0 heterocycles. The van der Waals surface area contributed by atoms with Crippen molar-refractivity contribution < 1.29 is 17.0 Å². The molecule has 1 atom stereocenters. The lowest BCUT2D eigenvalue weighted by Crippen LogP contribution is -2.25. The summed E-state index contributed by atoms with van der Waals surface area (Å²) in [6.07, 6.45) is -0.551. The van der Waals surface area contributed by atoms with Crippen molar-refractivity contribution in [2.24, 2.45) is 5.92 Å². The van der Waals surface area contributed by atoms with Gasteiger partial charge in [0.25, 0.3) is 0 Å². The van der Waals surface area contributed by atoms with Crippen molar-refractivity contribution in [3.8, 4) is 0 Å². The molecule has 3 nitrogen and oxygen atoms in total. The van der Waals surface area contributed by atoms with Gasteiger partial charge < -0.3 is 4.74 Å². The Kier molecular flexibility index (Phi) is 3.96. The van der Waals surface area contributed by atoms with Crippen molar-refractivity contribution in [2.75, 3.05) is 12.9 Å². The highest BCUT2D eigenvalue weighted by Gasteiger charge is 2.20. The molecule has 0 amide bonds. The van der Waals surface area contributed by atoms with Crippen LogP contribution in [0.25, 0.3) is 0 Å². The maximum absolute atomic E-state index is 12.1. The minimum atomic E-state index is -4.41. The second kappa shape index (κ2) is 4.01. The van der Waals surface area contributed by atoms with Gasteiger partial charge in [0, 0.05) is 7.11 Å². The van der Waals surface area contributed by atoms with E-state index in [1.165, 1.54) is 7.11 Å². The fraction of sp³-hybridized carbons (Fsp3) is 1.00. The molecule has 0 aliphatic rings. The van der Waals surface area contributed by atoms with Gasteiger partial charge in [-0.2, -0.15) is 8.42 Å². The third-order valence-corrected chi connectivity index (χ3v) is 2.14. The number of hydrogen-bond donors (Lipinski definition) is 0. The summed E-state index contributed by atoms with van der Waals surface area (Å²) in [5.41, 5.74) is 0. The van der Waals surface area contributed by atoms with E-state index in [4.69, 9.17) is 4.74 Å². The van der Waals surface area contributed by atoms with Crippen molar-refractivity contribution in [3.63, 3.8) is 0 Å². The summed E-state index contributed by atoms with van der Waals surface area (Å²) < 4.78 is 37.2. The number of halogens is 1. The van der Waals surface area contributed by atoms with Gasteiger partial charge in [0.1, 0.15) is 5.75 Å². The number of methoxy groups -OCH3 is 1. The van der Waals surface area contributed by atoms with Crippen LogP contribution in [-0.4, -0.2) is 27.4 Å². The first-order valence-electron chi connectivity index (χ1n) is 3.32. The third-order valence-electron chi connectivity index (χ3n) is 1.41. The largest absolute Gasteiger partial charge is 0.380 e. The third kappa shape index (κ3) is 5.15. The Balaban J connectivity index is 4.10. The van der Waals surface area contributed by atoms with Crippen LogP contribution in [0.15, 0.2) is 0 Å². The number of hydrogen-bond acceptors (Lipinski definition) is 3. The lowest BCUT2D eigenvalue weighted by atomic mass is 10.1. The van der Waals surface area contributed by atoms with Gasteiger partial charge in [-0.3, -0.25) is 0 Å². The van der Waals surface area contributed by atoms with E-state index in [0.29, 0.717) is 0 Å². The summed E-state index contributed by atoms with van der Waals surface area (Å²) in [6.45, 7) is 3.55. The summed E-state index contributed by atoms with van der Waals surface area (Å²) in [5, 5.41) is 0. The Morgan fingerprint density at radius 2 is 1.91 bits per heavy atom. The Labute approximate surface area is 66.8 Å². The van der Waals surface area contributed by atoms with Crippen molar-refractivity contribution in [3.05, 3.63) is 0 Å². The molecule has 0 aromatic carbocycles. The van der Waals surface area contributed by atoms with E-state index in [1.54, 1.807) is 13.8 Å². The highest BCUT2D eigenvalue weighted by Crippen LogP contribution is 2.09. The summed E-state index contributed by atoms with van der Waals surface area (Å²) >= 11 is 0. The molecule has 0 aliphatic carbocycles. The lowest BCUT2D eigenvalue weighted by Gasteiger charge is -2.16. The van der Waals surface area contributed by atoms with Crippen LogP contribution in [0.2, 0.25) is 0 Å². The summed E-state index contributed by atoms with van der Waals surface area (Å²) in [7, 11) is -3.03. The fourth-order valence-corrected chi connectivity index (χ4v) is 1.64. The highest BCUT2D eigenvalue weighted by atomic mass is 32.3. The van der Waals surface area contributed by atoms with Crippen LogP contribution < -0.4 is 0 Å². The van der Waals surface area contributed by atoms with E-state index in [2.05, 4.69) is 0 Å². The highest BCUT2D eigenvalue weighted by molar-refractivity contribution is 7.86. The molecule has 1 unspecified atom stereocenters. The molecule has 0 aromatic heterocycles. The Bertz CT molecular complexity index is 198. The van der Waals surface area contributed by atoms with Gasteiger partial charge in [-0.25, -0.2) is 0 Å². The van der Waals surface area contributed by atoms with E-state index in [9.17, 15) is 12.3 Å². The quantitative estimate of drug-likeness (QED) is 0.611. The average molecular weight is 184 g/mol. The van der Waals surface area contributed by atoms with E-state index < -0.39 is 22.1 Å². The van der Waals surface area contributed by atoms with E-state index in [0.717, 1.165) is 0 Å². The molecule has 5 heteroatoms. The zero-order chi connectivity index (χ0) is 9.07. The minimum absolute atomic E-state index is 0.00512. The maximum atomic E-state index is 12.1. The molecule has 0 radical (unpaired) electrons. The van der Waals surface area contributed by atoms with Gasteiger partial charge in [0.15, 0.2) is 0 Å². The predicted molar refractivity (Wildman–Crippen MR) is 40.5 cm³/mol. The van der Waals surface area contributed by atoms with Gasteiger partial charge in [-0.15, -0.1) is 3.89 Å². The first kappa shape index (κ1) is 10.8. The molecular weight excluding hydrogens is 171 g/mol. The normalized spacial score (nSPS) is 15.4. The first-order chi connectivity index (χ1) is 4.87. The zero-order valence-corrected chi connectivity index (χ0v) is 7.69. The summed E-state index contributed by atoms with van der Waals surface area (Å²) in [5.74, 6) is -0.549. The van der Waals surface area contributed by atoms with Crippen molar-refractivity contribution in [1.29, 1.82) is 0 Å². The van der Waals surface area contributed by atoms with Gasteiger partial charge >= 0.3 is 10.2 Å². The Morgan fingerprint density at radius 1 is 1.45 bits per heavy atom. The average Bonchev–Trinajstić information content (AvgIpc) is 1.80. The Morgan fingerprint density at radius 3 is 2.00 bits per heavy atom. The van der Waals surface area contributed by atoms with E-state index in [-0.39, 0.29) is 5.92 Å². The second-order valence-corrected chi connectivity index (χ2v) is 4.13. The minimum Gasteiger partial charge on any atom is -0.380 e. The molecule has 0 saturated carbocycles. The van der Waals surface area contributed by atoms with Crippen LogP contribution in [0.3, 0.4) is 0 Å². The zero-order valence-electron chi connectivity index (χ0n) is 6.87. The topological polar surface area (TPSA) is 43.4 Å². The monoisotopic (exact) mass is 184 g/mol. The van der Waals surface area contributed by atoms with Crippen LogP contribution in [-0.2, 0) is 15.0 Å².